The standard InChI is InChI=1S/C21H36O3SSi/c1-9-13-21(24-26(16(2)3,17(4)5)18(6)7)19(8)25(22,23)20-14-11-10-12-15-20/h10-12,14-18,21H,8-9,13H2,1-7H3/t21-/m0/s1. The van der Waals surface area contributed by atoms with Crippen molar-refractivity contribution in [2.75, 3.05) is 0 Å². The molecule has 0 aliphatic rings. The molecule has 1 aromatic carbocycles. The van der Waals surface area contributed by atoms with Gasteiger partial charge in [0.2, 0.25) is 18.2 Å². The summed E-state index contributed by atoms with van der Waals surface area (Å²) in [6, 6.07) is 8.55. The van der Waals surface area contributed by atoms with Crippen LogP contribution in [0.1, 0.15) is 61.3 Å². The third-order valence-corrected chi connectivity index (χ3v) is 13.3. The smallest absolute Gasteiger partial charge is 0.204 e. The molecular weight excluding hydrogens is 360 g/mol. The summed E-state index contributed by atoms with van der Waals surface area (Å²) in [4.78, 5) is 0.491. The zero-order chi connectivity index (χ0) is 20.1. The lowest BCUT2D eigenvalue weighted by atomic mass is 10.2. The third-order valence-electron chi connectivity index (χ3n) is 5.36. The summed E-state index contributed by atoms with van der Waals surface area (Å²) in [7, 11) is -5.80. The fourth-order valence-electron chi connectivity index (χ4n) is 4.13. The summed E-state index contributed by atoms with van der Waals surface area (Å²) in [6.07, 6.45) is 1.07. The fraction of sp³-hybridized carbons (Fsp3) is 0.619. The Bertz CT molecular complexity index is 657. The maximum atomic E-state index is 13.1. The summed E-state index contributed by atoms with van der Waals surface area (Å²) >= 11 is 0. The average Bonchev–Trinajstić information content (AvgIpc) is 2.57. The molecule has 148 valence electrons. The second kappa shape index (κ2) is 9.33. The van der Waals surface area contributed by atoms with Gasteiger partial charge in [-0.25, -0.2) is 8.42 Å². The van der Waals surface area contributed by atoms with Crippen molar-refractivity contribution in [3.63, 3.8) is 0 Å². The quantitative estimate of drug-likeness (QED) is 0.434. The molecule has 0 aliphatic heterocycles. The van der Waals surface area contributed by atoms with Crippen LogP contribution in [0.4, 0.5) is 0 Å². The molecule has 0 unspecified atom stereocenters. The van der Waals surface area contributed by atoms with Gasteiger partial charge in [0.25, 0.3) is 0 Å². The molecule has 5 heteroatoms. The Morgan fingerprint density at radius 3 is 1.85 bits per heavy atom. The fourth-order valence-corrected chi connectivity index (χ4v) is 11.1. The third kappa shape index (κ3) is 4.67. The Kier molecular flexibility index (Phi) is 8.30. The maximum Gasteiger partial charge on any atom is 0.204 e. The van der Waals surface area contributed by atoms with Crippen LogP contribution in [-0.2, 0) is 14.3 Å². The first-order valence-electron chi connectivity index (χ1n) is 9.68. The van der Waals surface area contributed by atoms with E-state index in [1.807, 2.05) is 6.07 Å². The van der Waals surface area contributed by atoms with Crippen molar-refractivity contribution in [1.82, 2.24) is 0 Å². The van der Waals surface area contributed by atoms with Gasteiger partial charge in [0, 0.05) is 0 Å². The van der Waals surface area contributed by atoms with Gasteiger partial charge in [-0.3, -0.25) is 0 Å². The lowest BCUT2D eigenvalue weighted by molar-refractivity contribution is 0.201. The van der Waals surface area contributed by atoms with Gasteiger partial charge in [0.05, 0.1) is 15.9 Å². The van der Waals surface area contributed by atoms with E-state index in [2.05, 4.69) is 55.0 Å². The Morgan fingerprint density at radius 1 is 1.00 bits per heavy atom. The van der Waals surface area contributed by atoms with E-state index in [0.717, 1.165) is 6.42 Å². The first-order chi connectivity index (χ1) is 12.0. The largest absolute Gasteiger partial charge is 0.408 e. The van der Waals surface area contributed by atoms with Crippen molar-refractivity contribution in [1.29, 1.82) is 0 Å². The van der Waals surface area contributed by atoms with Crippen LogP contribution in [0.25, 0.3) is 0 Å². The molecule has 1 atom stereocenters. The van der Waals surface area contributed by atoms with Crippen LogP contribution in [0, 0.1) is 0 Å². The van der Waals surface area contributed by atoms with Gasteiger partial charge in [-0.2, -0.15) is 0 Å². The first-order valence-corrected chi connectivity index (χ1v) is 13.3. The van der Waals surface area contributed by atoms with E-state index >= 15 is 0 Å². The molecule has 0 radical (unpaired) electrons. The highest BCUT2D eigenvalue weighted by atomic mass is 32.2. The minimum atomic E-state index is -3.61. The van der Waals surface area contributed by atoms with Crippen LogP contribution in [0.5, 0.6) is 0 Å². The lowest BCUT2D eigenvalue weighted by Crippen LogP contribution is -2.50. The van der Waals surface area contributed by atoms with E-state index in [9.17, 15) is 8.42 Å². The van der Waals surface area contributed by atoms with Crippen molar-refractivity contribution >= 4 is 18.2 Å². The molecule has 0 spiro atoms. The van der Waals surface area contributed by atoms with Crippen LogP contribution >= 0.6 is 0 Å². The van der Waals surface area contributed by atoms with Crippen molar-refractivity contribution in [2.45, 2.75) is 88.9 Å². The number of hydrogen-bond donors (Lipinski definition) is 0. The van der Waals surface area contributed by atoms with E-state index in [1.54, 1.807) is 24.3 Å². The molecule has 0 heterocycles. The van der Waals surface area contributed by atoms with Gasteiger partial charge in [0.15, 0.2) is 0 Å². The maximum absolute atomic E-state index is 13.1. The minimum absolute atomic E-state index is 0.198. The number of rotatable bonds is 10. The predicted octanol–water partition coefficient (Wildman–Crippen LogP) is 6.33. The molecule has 1 aromatic rings. The van der Waals surface area contributed by atoms with Crippen molar-refractivity contribution in [3.8, 4) is 0 Å². The van der Waals surface area contributed by atoms with E-state index in [1.165, 1.54) is 0 Å². The van der Waals surface area contributed by atoms with Gasteiger partial charge in [-0.15, -0.1) is 0 Å². The molecule has 0 aliphatic carbocycles. The normalized spacial score (nSPS) is 14.2. The highest BCUT2D eigenvalue weighted by Crippen LogP contribution is 2.44. The molecular formula is C21H36O3SSi. The van der Waals surface area contributed by atoms with Crippen molar-refractivity contribution in [3.05, 3.63) is 41.8 Å². The van der Waals surface area contributed by atoms with E-state index in [-0.39, 0.29) is 4.91 Å². The minimum Gasteiger partial charge on any atom is -0.408 e. The molecule has 0 saturated carbocycles. The SMILES string of the molecule is C=C([C@H](CCC)O[Si](C(C)C)(C(C)C)C(C)C)S(=O)(=O)c1ccccc1. The van der Waals surface area contributed by atoms with Crippen LogP contribution in [0.15, 0.2) is 46.7 Å². The molecule has 0 amide bonds. The Hall–Kier alpha value is -0.913. The molecule has 0 bridgehead atoms. The molecule has 3 nitrogen and oxygen atoms in total. The van der Waals surface area contributed by atoms with Gasteiger partial charge in [0.1, 0.15) is 0 Å². The summed E-state index contributed by atoms with van der Waals surface area (Å²) in [5, 5.41) is 0. The van der Waals surface area contributed by atoms with Gasteiger partial charge >= 0.3 is 0 Å². The Morgan fingerprint density at radius 2 is 1.46 bits per heavy atom. The predicted molar refractivity (Wildman–Crippen MR) is 114 cm³/mol. The van der Waals surface area contributed by atoms with E-state index in [0.29, 0.717) is 27.9 Å². The van der Waals surface area contributed by atoms with Gasteiger partial charge in [-0.05, 0) is 35.2 Å². The average molecular weight is 397 g/mol. The number of hydrogen-bond acceptors (Lipinski definition) is 3. The van der Waals surface area contributed by atoms with E-state index < -0.39 is 24.3 Å². The second-order valence-corrected chi connectivity index (χ2v) is 15.4. The summed E-state index contributed by atoms with van der Waals surface area (Å²) in [5.74, 6) is 0. The Balaban J connectivity index is 3.32. The highest BCUT2D eigenvalue weighted by Gasteiger charge is 2.47. The van der Waals surface area contributed by atoms with Crippen LogP contribution in [0.3, 0.4) is 0 Å². The number of sulfone groups is 1. The summed E-state index contributed by atoms with van der Waals surface area (Å²) in [6.45, 7) is 19.3. The molecule has 26 heavy (non-hydrogen) atoms. The first kappa shape index (κ1) is 23.1. The van der Waals surface area contributed by atoms with Crippen LogP contribution in [0.2, 0.25) is 16.6 Å². The molecule has 1 rings (SSSR count). The van der Waals surface area contributed by atoms with Crippen molar-refractivity contribution in [2.24, 2.45) is 0 Å². The number of benzene rings is 1. The molecule has 0 aromatic heterocycles. The van der Waals surface area contributed by atoms with Crippen molar-refractivity contribution < 1.29 is 12.8 Å². The summed E-state index contributed by atoms with van der Waals surface area (Å²) < 4.78 is 33.0. The summed E-state index contributed by atoms with van der Waals surface area (Å²) in [5.41, 5.74) is 1.19. The lowest BCUT2D eigenvalue weighted by Gasteiger charge is -2.45. The van der Waals surface area contributed by atoms with Gasteiger partial charge < -0.3 is 4.43 Å². The monoisotopic (exact) mass is 396 g/mol. The highest BCUT2D eigenvalue weighted by molar-refractivity contribution is 7.95. The second-order valence-electron chi connectivity index (χ2n) is 8.00. The zero-order valence-electron chi connectivity index (χ0n) is 17.5. The van der Waals surface area contributed by atoms with Crippen LogP contribution in [-0.4, -0.2) is 22.8 Å². The topological polar surface area (TPSA) is 43.4 Å². The zero-order valence-corrected chi connectivity index (χ0v) is 19.3. The molecule has 0 fully saturated rings. The van der Waals surface area contributed by atoms with Crippen LogP contribution < -0.4 is 0 Å². The van der Waals surface area contributed by atoms with Gasteiger partial charge in [-0.1, -0.05) is 79.7 Å². The Labute approximate surface area is 161 Å². The molecule has 0 N–H and O–H groups in total. The van der Waals surface area contributed by atoms with E-state index in [4.69, 9.17) is 4.43 Å². The molecule has 0 saturated heterocycles.